The molecule has 3 N–H and O–H groups in total. The maximum atomic E-state index is 15.2. The molecule has 49 heavy (non-hydrogen) atoms. The molecule has 0 aliphatic heterocycles. The number of ketones is 3. The number of rotatable bonds is 14. The lowest BCUT2D eigenvalue weighted by Gasteiger charge is -2.60. The summed E-state index contributed by atoms with van der Waals surface area (Å²) in [4.78, 5) is 44.5. The lowest BCUT2D eigenvalue weighted by atomic mass is 9.40. The predicted molar refractivity (Wildman–Crippen MR) is 199 cm³/mol. The smallest absolute Gasteiger partial charge is 0.200 e. The van der Waals surface area contributed by atoms with Gasteiger partial charge in [-0.3, -0.25) is 14.4 Å². The standard InChI is InChI=1S/C43H58O6/c1-27(2)13-11-15-30(7)17-19-33-26-42(23-22-31(8)16-12-14-28(3)4)38(47)36(37(46)32-18-20-34(44)35(45)25-32)39(48)43(40(42)49,41(33,9)10)24-21-29(5)6/h13-14,17-18,20-22,25,33,44-45,47H,11-12,15-16,19,23-24,26H2,1-10H3/b30-17+,31-22+/t33-,42-,43+/m1/s1. The van der Waals surface area contributed by atoms with Gasteiger partial charge in [0.25, 0.3) is 0 Å². The number of carbonyl (C=O) groups is 3. The van der Waals surface area contributed by atoms with E-state index < -0.39 is 50.6 Å². The topological polar surface area (TPSA) is 112 Å². The first-order chi connectivity index (χ1) is 22.8. The molecule has 1 aromatic rings. The summed E-state index contributed by atoms with van der Waals surface area (Å²) in [7, 11) is 0. The van der Waals surface area contributed by atoms with Crippen LogP contribution in [0.2, 0.25) is 0 Å². The summed E-state index contributed by atoms with van der Waals surface area (Å²) in [5, 5.41) is 32.4. The fourth-order valence-electron chi connectivity index (χ4n) is 7.53. The highest BCUT2D eigenvalue weighted by Gasteiger charge is 2.72. The number of Topliss-reactive ketones (excluding diaryl/α,β-unsaturated/α-hetero) is 3. The van der Waals surface area contributed by atoms with E-state index in [1.807, 2.05) is 46.8 Å². The number of allylic oxidation sites excluding steroid dienone is 12. The van der Waals surface area contributed by atoms with Crippen molar-refractivity contribution in [1.82, 2.24) is 0 Å². The van der Waals surface area contributed by atoms with E-state index in [4.69, 9.17) is 0 Å². The summed E-state index contributed by atoms with van der Waals surface area (Å²) in [5.41, 5.74) is 1.29. The largest absolute Gasteiger partial charge is 0.510 e. The number of hydrogen-bond acceptors (Lipinski definition) is 6. The number of aliphatic hydroxyl groups is 1. The van der Waals surface area contributed by atoms with Gasteiger partial charge < -0.3 is 15.3 Å². The third-order valence-electron chi connectivity index (χ3n) is 10.9. The molecule has 1 fully saturated rings. The summed E-state index contributed by atoms with van der Waals surface area (Å²) in [6, 6.07) is 3.59. The summed E-state index contributed by atoms with van der Waals surface area (Å²) in [6.45, 7) is 20.2. The Labute approximate surface area is 294 Å². The molecule has 6 heteroatoms. The molecule has 2 aliphatic carbocycles. The van der Waals surface area contributed by atoms with Gasteiger partial charge in [0.2, 0.25) is 0 Å². The van der Waals surface area contributed by atoms with Crippen LogP contribution >= 0.6 is 0 Å². The summed E-state index contributed by atoms with van der Waals surface area (Å²) < 4.78 is 0. The predicted octanol–water partition coefficient (Wildman–Crippen LogP) is 10.8. The van der Waals surface area contributed by atoms with E-state index >= 15 is 9.59 Å². The van der Waals surface area contributed by atoms with Crippen LogP contribution in [-0.2, 0) is 9.59 Å². The SMILES string of the molecule is CC(C)=CCC/C(C)=C/C[C@@H]1C[C@@]2(C/C=C(\C)CCC=C(C)C)C(=O)[C@](CC=C(C)C)(C(=O)C(C(=O)c3ccc(O)c(O)c3)=C2O)C1(C)C. The zero-order chi connectivity index (χ0) is 36.9. The summed E-state index contributed by atoms with van der Waals surface area (Å²) in [5.74, 6) is -3.34. The van der Waals surface area contributed by atoms with E-state index in [0.29, 0.717) is 6.42 Å². The highest BCUT2D eigenvalue weighted by molar-refractivity contribution is 6.35. The average Bonchev–Trinajstić information content (AvgIpc) is 3.00. The second kappa shape index (κ2) is 15.7. The third kappa shape index (κ3) is 8.11. The molecule has 2 bridgehead atoms. The lowest BCUT2D eigenvalue weighted by molar-refractivity contribution is -0.171. The molecule has 0 heterocycles. The molecule has 6 nitrogen and oxygen atoms in total. The van der Waals surface area contributed by atoms with Gasteiger partial charge in [-0.05, 0) is 136 Å². The number of carbonyl (C=O) groups excluding carboxylic acids is 3. The number of benzene rings is 1. The quantitative estimate of drug-likeness (QED) is 0.0597. The Morgan fingerprint density at radius 2 is 1.31 bits per heavy atom. The Morgan fingerprint density at radius 1 is 0.755 bits per heavy atom. The van der Waals surface area contributed by atoms with Crippen LogP contribution in [0.25, 0.3) is 0 Å². The Bertz CT molecular complexity index is 1650. The van der Waals surface area contributed by atoms with E-state index in [0.717, 1.165) is 42.9 Å². The van der Waals surface area contributed by atoms with E-state index in [2.05, 4.69) is 52.8 Å². The van der Waals surface area contributed by atoms with E-state index in [1.165, 1.54) is 28.9 Å². The van der Waals surface area contributed by atoms with Crippen molar-refractivity contribution >= 4 is 17.3 Å². The number of hydrogen-bond donors (Lipinski definition) is 3. The van der Waals surface area contributed by atoms with Gasteiger partial charge >= 0.3 is 0 Å². The monoisotopic (exact) mass is 670 g/mol. The first-order valence-corrected chi connectivity index (χ1v) is 17.6. The van der Waals surface area contributed by atoms with Crippen molar-refractivity contribution in [2.75, 3.05) is 0 Å². The van der Waals surface area contributed by atoms with Crippen molar-refractivity contribution < 1.29 is 29.7 Å². The van der Waals surface area contributed by atoms with Gasteiger partial charge in [-0.1, -0.05) is 72.1 Å². The zero-order valence-electron chi connectivity index (χ0n) is 31.4. The van der Waals surface area contributed by atoms with Crippen molar-refractivity contribution in [3.8, 4) is 11.5 Å². The first kappa shape index (κ1) is 39.5. The molecular formula is C43H58O6. The number of fused-ring (bicyclic) bond motifs is 2. The Kier molecular flexibility index (Phi) is 12.7. The lowest BCUT2D eigenvalue weighted by Crippen LogP contribution is -2.67. The molecule has 2 aliphatic rings. The van der Waals surface area contributed by atoms with Crippen molar-refractivity contribution in [3.05, 3.63) is 93.3 Å². The maximum Gasteiger partial charge on any atom is 0.200 e. The molecule has 0 spiro atoms. The van der Waals surface area contributed by atoms with Crippen molar-refractivity contribution in [2.24, 2.45) is 22.2 Å². The fourth-order valence-corrected chi connectivity index (χ4v) is 7.53. The second-order valence-corrected chi connectivity index (χ2v) is 15.7. The maximum absolute atomic E-state index is 15.2. The molecule has 266 valence electrons. The van der Waals surface area contributed by atoms with Crippen LogP contribution in [0.3, 0.4) is 0 Å². The van der Waals surface area contributed by atoms with Crippen molar-refractivity contribution in [2.45, 2.75) is 121 Å². The van der Waals surface area contributed by atoms with Crippen molar-refractivity contribution in [1.29, 1.82) is 0 Å². The van der Waals surface area contributed by atoms with Gasteiger partial charge in [-0.25, -0.2) is 0 Å². The van der Waals surface area contributed by atoms with Crippen LogP contribution in [0, 0.1) is 22.2 Å². The summed E-state index contributed by atoms with van der Waals surface area (Å²) >= 11 is 0. The highest BCUT2D eigenvalue weighted by Crippen LogP contribution is 2.66. The molecule has 3 rings (SSSR count). The van der Waals surface area contributed by atoms with Gasteiger partial charge in [-0.15, -0.1) is 0 Å². The van der Waals surface area contributed by atoms with Crippen LogP contribution in [0.15, 0.2) is 87.8 Å². The molecule has 0 saturated heterocycles. The Morgan fingerprint density at radius 3 is 1.84 bits per heavy atom. The average molecular weight is 671 g/mol. The van der Waals surface area contributed by atoms with Crippen LogP contribution in [0.5, 0.6) is 11.5 Å². The minimum absolute atomic E-state index is 0.0529. The molecule has 0 amide bonds. The molecular weight excluding hydrogens is 612 g/mol. The Balaban J connectivity index is 2.31. The summed E-state index contributed by atoms with van der Waals surface area (Å²) in [6.07, 6.45) is 15.1. The van der Waals surface area contributed by atoms with Crippen molar-refractivity contribution in [3.63, 3.8) is 0 Å². The van der Waals surface area contributed by atoms with Gasteiger partial charge in [0.1, 0.15) is 16.7 Å². The van der Waals surface area contributed by atoms with E-state index in [1.54, 1.807) is 0 Å². The van der Waals surface area contributed by atoms with Crippen LogP contribution < -0.4 is 0 Å². The molecule has 1 aromatic carbocycles. The van der Waals surface area contributed by atoms with Gasteiger partial charge in [0.15, 0.2) is 28.8 Å². The normalized spacial score (nSPS) is 23.7. The number of aliphatic hydroxyl groups excluding tert-OH is 1. The van der Waals surface area contributed by atoms with Crippen LogP contribution in [0.1, 0.15) is 131 Å². The first-order valence-electron chi connectivity index (χ1n) is 17.6. The van der Waals surface area contributed by atoms with Gasteiger partial charge in [0.05, 0.1) is 5.41 Å². The van der Waals surface area contributed by atoms with E-state index in [-0.39, 0.29) is 36.5 Å². The number of phenolic OH excluding ortho intramolecular Hbond substituents is 2. The molecule has 3 atom stereocenters. The highest BCUT2D eigenvalue weighted by atomic mass is 16.3. The Hall–Kier alpha value is -3.93. The molecule has 0 radical (unpaired) electrons. The third-order valence-corrected chi connectivity index (χ3v) is 10.9. The molecule has 0 unspecified atom stereocenters. The minimum Gasteiger partial charge on any atom is -0.510 e. The van der Waals surface area contributed by atoms with Crippen LogP contribution in [-0.4, -0.2) is 32.7 Å². The zero-order valence-corrected chi connectivity index (χ0v) is 31.4. The number of aromatic hydroxyl groups is 2. The number of phenols is 2. The van der Waals surface area contributed by atoms with Gasteiger partial charge in [0, 0.05) is 5.56 Å². The minimum atomic E-state index is -1.61. The van der Waals surface area contributed by atoms with E-state index in [9.17, 15) is 20.1 Å². The second-order valence-electron chi connectivity index (χ2n) is 15.7. The van der Waals surface area contributed by atoms with Gasteiger partial charge in [-0.2, -0.15) is 0 Å². The molecule has 1 saturated carbocycles. The fraction of sp³-hybridized carbons (Fsp3) is 0.512. The van der Waals surface area contributed by atoms with Crippen LogP contribution in [0.4, 0.5) is 0 Å². The molecule has 0 aromatic heterocycles.